The van der Waals surface area contributed by atoms with Crippen LogP contribution in [0.5, 0.6) is 0 Å². The lowest BCUT2D eigenvalue weighted by molar-refractivity contribution is -0.105. The average Bonchev–Trinajstić information content (AvgIpc) is 1.84. The molecule has 0 unspecified atom stereocenters. The monoisotopic (exact) mass is 156 g/mol. The molecule has 0 aromatic rings. The normalized spacial score (nSPS) is 11.9. The first-order chi connectivity index (χ1) is 5.06. The Morgan fingerprint density at radius 2 is 1.82 bits per heavy atom. The van der Waals surface area contributed by atoms with Crippen molar-refractivity contribution in [2.24, 2.45) is 0 Å². The summed E-state index contributed by atoms with van der Waals surface area (Å²) in [4.78, 5) is 14.3. The van der Waals surface area contributed by atoms with Crippen LogP contribution >= 0.6 is 0 Å². The maximum absolute atomic E-state index is 10.5. The number of aldehydes is 1. The average molecular weight is 156 g/mol. The van der Waals surface area contributed by atoms with Gasteiger partial charge in [0.05, 0.1) is 0 Å². The Bertz CT molecular complexity index is 150. The van der Waals surface area contributed by atoms with Crippen LogP contribution in [0.4, 0.5) is 0 Å². The highest BCUT2D eigenvalue weighted by Gasteiger charge is 1.96. The number of likely N-dealkylation sites (N-methyl/N-ethyl adjacent to an activating group) is 1. The quantitative estimate of drug-likeness (QED) is 0.429. The van der Waals surface area contributed by atoms with Gasteiger partial charge in [0.2, 0.25) is 0 Å². The van der Waals surface area contributed by atoms with Crippen LogP contribution in [0.3, 0.4) is 0 Å². The van der Waals surface area contributed by atoms with Crippen molar-refractivity contribution in [3.8, 4) is 0 Å². The van der Waals surface area contributed by atoms with Crippen molar-refractivity contribution in [3.63, 3.8) is 0 Å². The number of rotatable bonds is 4. The molecule has 3 nitrogen and oxygen atoms in total. The molecule has 0 aliphatic heterocycles. The van der Waals surface area contributed by atoms with Crippen LogP contribution in [0.1, 0.15) is 0 Å². The van der Waals surface area contributed by atoms with Crippen molar-refractivity contribution in [2.45, 2.75) is 0 Å². The van der Waals surface area contributed by atoms with Crippen molar-refractivity contribution >= 4 is 6.29 Å². The summed E-state index contributed by atoms with van der Waals surface area (Å²) in [6.45, 7) is 0.696. The summed E-state index contributed by atoms with van der Waals surface area (Å²) in [6.07, 6.45) is 2.72. The summed E-state index contributed by atoms with van der Waals surface area (Å²) >= 11 is 0. The Morgan fingerprint density at radius 3 is 2.09 bits per heavy atom. The standard InChI is InChI=1S/C8H16N2O/c1-9(2)5-8(7-11)6-10(3)4/h5,7H,6H2,1-4H3/b8-5-. The molecule has 0 aromatic heterocycles. The first-order valence-corrected chi connectivity index (χ1v) is 3.53. The van der Waals surface area contributed by atoms with Crippen molar-refractivity contribution in [1.29, 1.82) is 0 Å². The summed E-state index contributed by atoms with van der Waals surface area (Å²) in [7, 11) is 7.68. The number of nitrogens with zero attached hydrogens (tertiary/aromatic N) is 2. The Labute approximate surface area is 68.3 Å². The third-order valence-corrected chi connectivity index (χ3v) is 1.07. The lowest BCUT2D eigenvalue weighted by atomic mass is 10.3. The van der Waals surface area contributed by atoms with E-state index in [9.17, 15) is 4.79 Å². The summed E-state index contributed by atoms with van der Waals surface area (Å²) in [6, 6.07) is 0. The van der Waals surface area contributed by atoms with Crippen molar-refractivity contribution in [1.82, 2.24) is 9.80 Å². The summed E-state index contributed by atoms with van der Waals surface area (Å²) < 4.78 is 0. The van der Waals surface area contributed by atoms with Crippen molar-refractivity contribution < 1.29 is 4.79 Å². The van der Waals surface area contributed by atoms with E-state index in [0.29, 0.717) is 6.54 Å². The second-order valence-electron chi connectivity index (χ2n) is 3.02. The Morgan fingerprint density at radius 1 is 1.27 bits per heavy atom. The highest BCUT2D eigenvalue weighted by Crippen LogP contribution is 1.92. The maximum Gasteiger partial charge on any atom is 0.148 e. The van der Waals surface area contributed by atoms with Crippen LogP contribution in [-0.4, -0.2) is 50.8 Å². The molecule has 3 heteroatoms. The van der Waals surface area contributed by atoms with Gasteiger partial charge in [0.1, 0.15) is 6.29 Å². The molecule has 0 spiro atoms. The lowest BCUT2D eigenvalue weighted by Gasteiger charge is -2.11. The van der Waals surface area contributed by atoms with E-state index < -0.39 is 0 Å². The van der Waals surface area contributed by atoms with Gasteiger partial charge in [-0.15, -0.1) is 0 Å². The topological polar surface area (TPSA) is 23.6 Å². The van der Waals surface area contributed by atoms with Gasteiger partial charge in [0, 0.05) is 32.4 Å². The first kappa shape index (κ1) is 10.2. The van der Waals surface area contributed by atoms with E-state index in [2.05, 4.69) is 0 Å². The largest absolute Gasteiger partial charge is 0.383 e. The molecule has 0 saturated heterocycles. The molecule has 0 rings (SSSR count). The van der Waals surface area contributed by atoms with Gasteiger partial charge in [-0.05, 0) is 14.1 Å². The SMILES string of the molecule is CN(C)/C=C(\C=O)CN(C)C. The zero-order valence-corrected chi connectivity index (χ0v) is 7.66. The fourth-order valence-corrected chi connectivity index (χ4v) is 0.805. The molecule has 0 amide bonds. The molecule has 0 heterocycles. The summed E-state index contributed by atoms with van der Waals surface area (Å²) in [5, 5.41) is 0. The van der Waals surface area contributed by atoms with Gasteiger partial charge < -0.3 is 9.80 Å². The lowest BCUT2D eigenvalue weighted by Crippen LogP contribution is -2.17. The molecule has 0 bridgehead atoms. The maximum atomic E-state index is 10.5. The molecule has 0 fully saturated rings. The van der Waals surface area contributed by atoms with E-state index in [1.54, 1.807) is 0 Å². The predicted octanol–water partition coefficient (Wildman–Crippen LogP) is 0.192. The molecule has 0 saturated carbocycles. The van der Waals surface area contributed by atoms with Gasteiger partial charge in [-0.1, -0.05) is 0 Å². The first-order valence-electron chi connectivity index (χ1n) is 3.53. The van der Waals surface area contributed by atoms with Crippen LogP contribution in [0, 0.1) is 0 Å². The Kier molecular flexibility index (Phi) is 4.54. The molecule has 11 heavy (non-hydrogen) atoms. The Hall–Kier alpha value is -0.830. The smallest absolute Gasteiger partial charge is 0.148 e. The van der Waals surface area contributed by atoms with Crippen molar-refractivity contribution in [2.75, 3.05) is 34.7 Å². The van der Waals surface area contributed by atoms with Crippen LogP contribution in [0.15, 0.2) is 11.8 Å². The van der Waals surface area contributed by atoms with E-state index in [-0.39, 0.29) is 0 Å². The van der Waals surface area contributed by atoms with Gasteiger partial charge in [-0.25, -0.2) is 0 Å². The van der Waals surface area contributed by atoms with Crippen LogP contribution in [0.25, 0.3) is 0 Å². The molecule has 0 atom stereocenters. The van der Waals surface area contributed by atoms with E-state index in [4.69, 9.17) is 0 Å². The van der Waals surface area contributed by atoms with Gasteiger partial charge >= 0.3 is 0 Å². The van der Waals surface area contributed by atoms with E-state index >= 15 is 0 Å². The van der Waals surface area contributed by atoms with Crippen molar-refractivity contribution in [3.05, 3.63) is 11.8 Å². The molecule has 0 radical (unpaired) electrons. The highest BCUT2D eigenvalue weighted by molar-refractivity contribution is 5.73. The second-order valence-corrected chi connectivity index (χ2v) is 3.02. The third kappa shape index (κ3) is 5.61. The second kappa shape index (κ2) is 4.91. The Balaban J connectivity index is 4.05. The number of hydrogen-bond donors (Lipinski definition) is 0. The summed E-state index contributed by atoms with van der Waals surface area (Å²) in [5.41, 5.74) is 0.792. The molecular formula is C8H16N2O. The van der Waals surface area contributed by atoms with Gasteiger partial charge in [0.25, 0.3) is 0 Å². The summed E-state index contributed by atoms with van der Waals surface area (Å²) in [5.74, 6) is 0. The van der Waals surface area contributed by atoms with Crippen LogP contribution in [0.2, 0.25) is 0 Å². The third-order valence-electron chi connectivity index (χ3n) is 1.07. The molecule has 64 valence electrons. The van der Waals surface area contributed by atoms with Crippen LogP contribution < -0.4 is 0 Å². The minimum atomic E-state index is 0.696. The van der Waals surface area contributed by atoms with Crippen LogP contribution in [-0.2, 0) is 4.79 Å². The molecule has 0 N–H and O–H groups in total. The molecule has 0 aromatic carbocycles. The number of hydrogen-bond acceptors (Lipinski definition) is 3. The fraction of sp³-hybridized carbons (Fsp3) is 0.625. The zero-order chi connectivity index (χ0) is 8.85. The van der Waals surface area contributed by atoms with Gasteiger partial charge in [-0.3, -0.25) is 4.79 Å². The molecule has 0 aliphatic rings. The number of carbonyl (C=O) groups excluding carboxylic acids is 1. The minimum absolute atomic E-state index is 0.696. The molecule has 0 aliphatic carbocycles. The zero-order valence-electron chi connectivity index (χ0n) is 7.66. The predicted molar refractivity (Wildman–Crippen MR) is 46.4 cm³/mol. The van der Waals surface area contributed by atoms with Gasteiger partial charge in [0.15, 0.2) is 0 Å². The van der Waals surface area contributed by atoms with E-state index in [1.807, 2.05) is 44.2 Å². The van der Waals surface area contributed by atoms with E-state index in [0.717, 1.165) is 11.9 Å². The number of carbonyl (C=O) groups is 1. The highest BCUT2D eigenvalue weighted by atomic mass is 16.1. The molecular weight excluding hydrogens is 140 g/mol. The minimum Gasteiger partial charge on any atom is -0.383 e. The van der Waals surface area contributed by atoms with Gasteiger partial charge in [-0.2, -0.15) is 0 Å². The fourth-order valence-electron chi connectivity index (χ4n) is 0.805. The van der Waals surface area contributed by atoms with E-state index in [1.165, 1.54) is 0 Å².